The van der Waals surface area contributed by atoms with Gasteiger partial charge in [0.1, 0.15) is 11.6 Å². The van der Waals surface area contributed by atoms with Crippen molar-refractivity contribution in [3.63, 3.8) is 0 Å². The molecular formula is C25H20FN3O2. The summed E-state index contributed by atoms with van der Waals surface area (Å²) in [5, 5.41) is 2.88. The Morgan fingerprint density at radius 3 is 2.48 bits per heavy atom. The summed E-state index contributed by atoms with van der Waals surface area (Å²) in [7, 11) is 0. The fourth-order valence-electron chi connectivity index (χ4n) is 2.99. The highest BCUT2D eigenvalue weighted by molar-refractivity contribution is 6.04. The minimum absolute atomic E-state index is 0.203. The summed E-state index contributed by atoms with van der Waals surface area (Å²) >= 11 is 0. The molecule has 0 unspecified atom stereocenters. The zero-order chi connectivity index (χ0) is 21.6. The third-order valence-electron chi connectivity index (χ3n) is 4.67. The number of benzene rings is 3. The standard InChI is InChI=1S/C25H20FN3O2/c1-2-17-6-10-21(11-7-17)28-25(30)18-8-12-22(13-9-18)31-23-14-15-27-24(29-23)19-4-3-5-20(26)16-19/h3-16H,2H2,1H3,(H,28,30). The molecule has 31 heavy (non-hydrogen) atoms. The van der Waals surface area contributed by atoms with Crippen molar-refractivity contribution in [2.45, 2.75) is 13.3 Å². The number of aromatic nitrogens is 2. The molecule has 0 spiro atoms. The van der Waals surface area contributed by atoms with Gasteiger partial charge < -0.3 is 10.1 Å². The van der Waals surface area contributed by atoms with E-state index < -0.39 is 0 Å². The molecule has 0 bridgehead atoms. The molecule has 4 rings (SSSR count). The number of aryl methyl sites for hydroxylation is 1. The van der Waals surface area contributed by atoms with E-state index in [1.807, 2.05) is 24.3 Å². The van der Waals surface area contributed by atoms with Crippen LogP contribution >= 0.6 is 0 Å². The quantitative estimate of drug-likeness (QED) is 0.428. The van der Waals surface area contributed by atoms with Gasteiger partial charge in [-0.2, -0.15) is 4.98 Å². The molecule has 6 heteroatoms. The second-order valence-electron chi connectivity index (χ2n) is 6.86. The van der Waals surface area contributed by atoms with Crippen LogP contribution in [0.4, 0.5) is 10.1 Å². The molecule has 1 heterocycles. The van der Waals surface area contributed by atoms with E-state index in [0.29, 0.717) is 28.6 Å². The first-order valence-electron chi connectivity index (χ1n) is 9.88. The summed E-state index contributed by atoms with van der Waals surface area (Å²) in [6.07, 6.45) is 2.50. The van der Waals surface area contributed by atoms with E-state index in [9.17, 15) is 9.18 Å². The van der Waals surface area contributed by atoms with Crippen molar-refractivity contribution in [1.82, 2.24) is 9.97 Å². The van der Waals surface area contributed by atoms with E-state index in [0.717, 1.165) is 12.1 Å². The molecule has 154 valence electrons. The van der Waals surface area contributed by atoms with Gasteiger partial charge in [-0.25, -0.2) is 9.37 Å². The fourth-order valence-corrected chi connectivity index (χ4v) is 2.99. The third kappa shape index (κ3) is 5.11. The zero-order valence-corrected chi connectivity index (χ0v) is 16.9. The number of carbonyl (C=O) groups excluding carboxylic acids is 1. The smallest absolute Gasteiger partial charge is 0.255 e. The molecule has 4 aromatic rings. The molecule has 0 atom stereocenters. The van der Waals surface area contributed by atoms with E-state index in [2.05, 4.69) is 22.2 Å². The number of nitrogens with one attached hydrogen (secondary N) is 1. The predicted molar refractivity (Wildman–Crippen MR) is 118 cm³/mol. The summed E-state index contributed by atoms with van der Waals surface area (Å²) in [6.45, 7) is 2.08. The van der Waals surface area contributed by atoms with Gasteiger partial charge in [0.15, 0.2) is 5.82 Å². The van der Waals surface area contributed by atoms with Gasteiger partial charge in [-0.15, -0.1) is 0 Å². The number of hydrogen-bond donors (Lipinski definition) is 1. The first-order valence-corrected chi connectivity index (χ1v) is 9.88. The lowest BCUT2D eigenvalue weighted by Gasteiger charge is -2.08. The molecule has 1 N–H and O–H groups in total. The van der Waals surface area contributed by atoms with E-state index in [4.69, 9.17) is 4.74 Å². The molecule has 0 saturated heterocycles. The largest absolute Gasteiger partial charge is 0.439 e. The van der Waals surface area contributed by atoms with Gasteiger partial charge >= 0.3 is 0 Å². The highest BCUT2D eigenvalue weighted by Crippen LogP contribution is 2.23. The van der Waals surface area contributed by atoms with E-state index >= 15 is 0 Å². The number of hydrogen-bond acceptors (Lipinski definition) is 4. The number of ether oxygens (including phenoxy) is 1. The summed E-state index contributed by atoms with van der Waals surface area (Å²) < 4.78 is 19.2. The lowest BCUT2D eigenvalue weighted by Crippen LogP contribution is -2.11. The lowest BCUT2D eigenvalue weighted by molar-refractivity contribution is 0.102. The maximum atomic E-state index is 13.5. The molecule has 0 aliphatic rings. The minimum atomic E-state index is -0.359. The van der Waals surface area contributed by atoms with Crippen molar-refractivity contribution < 1.29 is 13.9 Å². The van der Waals surface area contributed by atoms with Crippen LogP contribution in [0.25, 0.3) is 11.4 Å². The number of nitrogens with zero attached hydrogens (tertiary/aromatic N) is 2. The Morgan fingerprint density at radius 1 is 1.00 bits per heavy atom. The van der Waals surface area contributed by atoms with Gasteiger partial charge in [-0.1, -0.05) is 31.2 Å². The van der Waals surface area contributed by atoms with Crippen LogP contribution in [0.15, 0.2) is 85.1 Å². The molecule has 3 aromatic carbocycles. The molecule has 0 aliphatic carbocycles. The normalized spacial score (nSPS) is 10.5. The topological polar surface area (TPSA) is 64.1 Å². The van der Waals surface area contributed by atoms with Crippen LogP contribution < -0.4 is 10.1 Å². The Bertz CT molecular complexity index is 1190. The third-order valence-corrected chi connectivity index (χ3v) is 4.67. The monoisotopic (exact) mass is 413 g/mol. The SMILES string of the molecule is CCc1ccc(NC(=O)c2ccc(Oc3ccnc(-c4cccc(F)c4)n3)cc2)cc1. The summed E-state index contributed by atoms with van der Waals surface area (Å²) in [4.78, 5) is 21.0. The maximum absolute atomic E-state index is 13.5. The van der Waals surface area contributed by atoms with E-state index in [1.54, 1.807) is 48.7 Å². The van der Waals surface area contributed by atoms with Crippen molar-refractivity contribution in [2.75, 3.05) is 5.32 Å². The van der Waals surface area contributed by atoms with Crippen LogP contribution in [0.5, 0.6) is 11.6 Å². The van der Waals surface area contributed by atoms with Gasteiger partial charge in [-0.3, -0.25) is 4.79 Å². The number of halogens is 1. The number of carbonyl (C=O) groups is 1. The van der Waals surface area contributed by atoms with Gasteiger partial charge in [0, 0.05) is 29.1 Å². The maximum Gasteiger partial charge on any atom is 0.255 e. The van der Waals surface area contributed by atoms with Gasteiger partial charge in [0.05, 0.1) is 0 Å². The zero-order valence-electron chi connectivity index (χ0n) is 16.9. The Morgan fingerprint density at radius 2 is 1.77 bits per heavy atom. The predicted octanol–water partition coefficient (Wildman–Crippen LogP) is 5.89. The average Bonchev–Trinajstić information content (AvgIpc) is 2.80. The van der Waals surface area contributed by atoms with Crippen LogP contribution in [-0.4, -0.2) is 15.9 Å². The molecule has 1 aromatic heterocycles. The second kappa shape index (κ2) is 9.17. The highest BCUT2D eigenvalue weighted by Gasteiger charge is 2.09. The number of anilines is 1. The molecule has 0 fully saturated rings. The van der Waals surface area contributed by atoms with Crippen LogP contribution in [0.3, 0.4) is 0 Å². The fraction of sp³-hybridized carbons (Fsp3) is 0.0800. The second-order valence-corrected chi connectivity index (χ2v) is 6.86. The Kier molecular flexibility index (Phi) is 5.98. The van der Waals surface area contributed by atoms with E-state index in [-0.39, 0.29) is 11.7 Å². The number of rotatable bonds is 6. The van der Waals surface area contributed by atoms with Crippen LogP contribution in [0.1, 0.15) is 22.8 Å². The molecule has 0 radical (unpaired) electrons. The van der Waals surface area contributed by atoms with Crippen LogP contribution in [0.2, 0.25) is 0 Å². The number of amides is 1. The van der Waals surface area contributed by atoms with Crippen molar-refractivity contribution in [1.29, 1.82) is 0 Å². The summed E-state index contributed by atoms with van der Waals surface area (Å²) in [6, 6.07) is 22.2. The minimum Gasteiger partial charge on any atom is -0.439 e. The van der Waals surface area contributed by atoms with Crippen LogP contribution in [-0.2, 0) is 6.42 Å². The van der Waals surface area contributed by atoms with Crippen molar-refractivity contribution in [3.05, 3.63) is 102 Å². The first-order chi connectivity index (χ1) is 15.1. The molecule has 5 nitrogen and oxygen atoms in total. The first kappa shape index (κ1) is 20.2. The average molecular weight is 413 g/mol. The Balaban J connectivity index is 1.43. The molecule has 1 amide bonds. The van der Waals surface area contributed by atoms with Gasteiger partial charge in [0.2, 0.25) is 5.88 Å². The summed E-state index contributed by atoms with van der Waals surface area (Å²) in [5.41, 5.74) is 3.03. The Labute approximate surface area is 179 Å². The van der Waals surface area contributed by atoms with Gasteiger partial charge in [-0.05, 0) is 60.5 Å². The van der Waals surface area contributed by atoms with Gasteiger partial charge in [0.25, 0.3) is 5.91 Å². The summed E-state index contributed by atoms with van der Waals surface area (Å²) in [5.74, 6) is 0.645. The lowest BCUT2D eigenvalue weighted by atomic mass is 10.1. The van der Waals surface area contributed by atoms with Crippen molar-refractivity contribution >= 4 is 11.6 Å². The van der Waals surface area contributed by atoms with Crippen LogP contribution in [0, 0.1) is 5.82 Å². The van der Waals surface area contributed by atoms with E-state index in [1.165, 1.54) is 17.7 Å². The molecule has 0 aliphatic heterocycles. The molecule has 0 saturated carbocycles. The highest BCUT2D eigenvalue weighted by atomic mass is 19.1. The van der Waals surface area contributed by atoms with Crippen molar-refractivity contribution in [2.24, 2.45) is 0 Å². The molecular weight excluding hydrogens is 393 g/mol. The van der Waals surface area contributed by atoms with Crippen molar-refractivity contribution in [3.8, 4) is 23.0 Å². The Hall–Kier alpha value is -4.06.